The van der Waals surface area contributed by atoms with Gasteiger partial charge < -0.3 is 10.4 Å². The van der Waals surface area contributed by atoms with Gasteiger partial charge in [-0.1, -0.05) is 38.1 Å². The van der Waals surface area contributed by atoms with Crippen molar-refractivity contribution in [3.63, 3.8) is 0 Å². The summed E-state index contributed by atoms with van der Waals surface area (Å²) < 4.78 is 0. The first-order valence-corrected chi connectivity index (χ1v) is 7.88. The lowest BCUT2D eigenvalue weighted by molar-refractivity contribution is 0.215. The molecule has 0 aromatic heterocycles. The molecule has 18 heavy (non-hydrogen) atoms. The summed E-state index contributed by atoms with van der Waals surface area (Å²) in [5.41, 5.74) is 2.85. The van der Waals surface area contributed by atoms with Crippen molar-refractivity contribution >= 4 is 11.8 Å². The van der Waals surface area contributed by atoms with Crippen LogP contribution in [0.5, 0.6) is 0 Å². The third-order valence-corrected chi connectivity index (χ3v) is 4.47. The number of hydrogen-bond donors (Lipinski definition) is 2. The number of nitrogens with one attached hydrogen (secondary N) is 1. The monoisotopic (exact) mass is 265 g/mol. The fourth-order valence-corrected chi connectivity index (χ4v) is 3.68. The molecule has 0 radical (unpaired) electrons. The van der Waals surface area contributed by atoms with Crippen molar-refractivity contribution in [3.8, 4) is 0 Å². The molecule has 0 saturated heterocycles. The first kappa shape index (κ1) is 13.9. The molecule has 1 aromatic rings. The molecule has 0 bridgehead atoms. The molecule has 100 valence electrons. The number of fused-ring (bicyclic) bond motifs is 1. The van der Waals surface area contributed by atoms with E-state index in [0.29, 0.717) is 12.0 Å². The predicted octanol–water partition coefficient (Wildman–Crippen LogP) is 2.97. The van der Waals surface area contributed by atoms with Crippen LogP contribution in [0.2, 0.25) is 0 Å². The minimum absolute atomic E-state index is 0.210. The van der Waals surface area contributed by atoms with E-state index in [2.05, 4.69) is 43.4 Å². The van der Waals surface area contributed by atoms with Gasteiger partial charge in [-0.25, -0.2) is 0 Å². The van der Waals surface area contributed by atoms with E-state index >= 15 is 0 Å². The molecule has 0 amide bonds. The standard InChI is InChI=1S/C15H23NOS/c1-11(2)7-13(8-17)16-15-10-18-9-12-5-3-4-6-14(12)15/h3-6,11,13,15-17H,7-10H2,1-2H3. The molecule has 0 aliphatic carbocycles. The number of aliphatic hydroxyl groups is 1. The van der Waals surface area contributed by atoms with Gasteiger partial charge in [-0.15, -0.1) is 0 Å². The lowest BCUT2D eigenvalue weighted by Gasteiger charge is -2.30. The second kappa shape index (κ2) is 6.60. The maximum atomic E-state index is 9.48. The van der Waals surface area contributed by atoms with E-state index in [9.17, 15) is 5.11 Å². The van der Waals surface area contributed by atoms with Crippen molar-refractivity contribution in [2.75, 3.05) is 12.4 Å². The van der Waals surface area contributed by atoms with Crippen LogP contribution >= 0.6 is 11.8 Å². The van der Waals surface area contributed by atoms with Crippen LogP contribution in [-0.2, 0) is 5.75 Å². The molecule has 1 aromatic carbocycles. The number of benzene rings is 1. The first-order chi connectivity index (χ1) is 8.70. The molecule has 2 atom stereocenters. The van der Waals surface area contributed by atoms with Gasteiger partial charge in [-0.3, -0.25) is 0 Å². The van der Waals surface area contributed by atoms with Gasteiger partial charge in [0.15, 0.2) is 0 Å². The quantitative estimate of drug-likeness (QED) is 0.858. The topological polar surface area (TPSA) is 32.3 Å². The second-order valence-corrected chi connectivity index (χ2v) is 6.47. The van der Waals surface area contributed by atoms with E-state index in [1.807, 2.05) is 11.8 Å². The molecule has 2 N–H and O–H groups in total. The smallest absolute Gasteiger partial charge is 0.0584 e. The number of aliphatic hydroxyl groups excluding tert-OH is 1. The van der Waals surface area contributed by atoms with Crippen LogP contribution in [0.3, 0.4) is 0 Å². The summed E-state index contributed by atoms with van der Waals surface area (Å²) in [5, 5.41) is 13.1. The minimum atomic E-state index is 0.210. The Balaban J connectivity index is 2.06. The zero-order valence-corrected chi connectivity index (χ0v) is 12.0. The maximum Gasteiger partial charge on any atom is 0.0584 e. The highest BCUT2D eigenvalue weighted by molar-refractivity contribution is 7.98. The third kappa shape index (κ3) is 3.50. The van der Waals surface area contributed by atoms with E-state index in [4.69, 9.17) is 0 Å². The van der Waals surface area contributed by atoms with Gasteiger partial charge in [-0.2, -0.15) is 11.8 Å². The van der Waals surface area contributed by atoms with Crippen LogP contribution < -0.4 is 5.32 Å². The van der Waals surface area contributed by atoms with Crippen molar-refractivity contribution in [2.45, 2.75) is 38.1 Å². The second-order valence-electron chi connectivity index (χ2n) is 5.44. The van der Waals surface area contributed by atoms with Gasteiger partial charge in [0.25, 0.3) is 0 Å². The van der Waals surface area contributed by atoms with Crippen LogP contribution in [-0.4, -0.2) is 23.5 Å². The summed E-state index contributed by atoms with van der Waals surface area (Å²) >= 11 is 1.97. The summed E-state index contributed by atoms with van der Waals surface area (Å²) in [4.78, 5) is 0. The SMILES string of the molecule is CC(C)CC(CO)NC1CSCc2ccccc21. The van der Waals surface area contributed by atoms with Crippen LogP contribution in [0.15, 0.2) is 24.3 Å². The van der Waals surface area contributed by atoms with Gasteiger partial charge in [0.1, 0.15) is 0 Å². The van der Waals surface area contributed by atoms with Crippen LogP contribution in [0, 0.1) is 5.92 Å². The molecule has 1 heterocycles. The molecular weight excluding hydrogens is 242 g/mol. The molecule has 1 aliphatic rings. The third-order valence-electron chi connectivity index (χ3n) is 3.39. The van der Waals surface area contributed by atoms with Crippen LogP contribution in [0.25, 0.3) is 0 Å². The molecule has 0 saturated carbocycles. The lowest BCUT2D eigenvalue weighted by atomic mass is 9.99. The van der Waals surface area contributed by atoms with E-state index in [0.717, 1.165) is 17.9 Å². The highest BCUT2D eigenvalue weighted by Crippen LogP contribution is 2.31. The van der Waals surface area contributed by atoms with Gasteiger partial charge in [0.05, 0.1) is 6.61 Å². The minimum Gasteiger partial charge on any atom is -0.395 e. The Hall–Kier alpha value is -0.510. The van der Waals surface area contributed by atoms with Crippen molar-refractivity contribution in [2.24, 2.45) is 5.92 Å². The summed E-state index contributed by atoms with van der Waals surface area (Å²) in [6.45, 7) is 4.63. The van der Waals surface area contributed by atoms with Crippen LogP contribution in [0.4, 0.5) is 0 Å². The Morgan fingerprint density at radius 3 is 2.89 bits per heavy atom. The van der Waals surface area contributed by atoms with E-state index in [-0.39, 0.29) is 12.6 Å². The molecule has 1 aliphatic heterocycles. The number of rotatable bonds is 5. The highest BCUT2D eigenvalue weighted by Gasteiger charge is 2.22. The fourth-order valence-electron chi connectivity index (χ4n) is 2.57. The first-order valence-electron chi connectivity index (χ1n) is 6.73. The van der Waals surface area contributed by atoms with Crippen LogP contribution in [0.1, 0.15) is 37.4 Å². The molecule has 0 fully saturated rings. The molecule has 3 heteroatoms. The molecule has 2 nitrogen and oxygen atoms in total. The van der Waals surface area contributed by atoms with Crippen molar-refractivity contribution in [1.82, 2.24) is 5.32 Å². The Kier molecular flexibility index (Phi) is 5.10. The molecule has 0 spiro atoms. The highest BCUT2D eigenvalue weighted by atomic mass is 32.2. The largest absolute Gasteiger partial charge is 0.395 e. The Bertz CT molecular complexity index is 381. The fraction of sp³-hybridized carbons (Fsp3) is 0.600. The lowest BCUT2D eigenvalue weighted by Crippen LogP contribution is -2.39. The molecule has 2 rings (SSSR count). The van der Waals surface area contributed by atoms with Gasteiger partial charge in [-0.05, 0) is 23.5 Å². The normalized spacial score (nSPS) is 20.8. The zero-order valence-electron chi connectivity index (χ0n) is 11.2. The zero-order chi connectivity index (χ0) is 13.0. The van der Waals surface area contributed by atoms with Crippen molar-refractivity contribution in [3.05, 3.63) is 35.4 Å². The van der Waals surface area contributed by atoms with E-state index in [1.165, 1.54) is 11.1 Å². The van der Waals surface area contributed by atoms with Crippen molar-refractivity contribution in [1.29, 1.82) is 0 Å². The average Bonchev–Trinajstić information content (AvgIpc) is 2.38. The molecular formula is C15H23NOS. The molecule has 2 unspecified atom stereocenters. The van der Waals surface area contributed by atoms with Gasteiger partial charge in [0, 0.05) is 23.6 Å². The van der Waals surface area contributed by atoms with Crippen molar-refractivity contribution < 1.29 is 5.11 Å². The Morgan fingerprint density at radius 2 is 2.17 bits per heavy atom. The number of hydrogen-bond acceptors (Lipinski definition) is 3. The Morgan fingerprint density at radius 1 is 1.39 bits per heavy atom. The number of thioether (sulfide) groups is 1. The predicted molar refractivity (Wildman–Crippen MR) is 78.8 cm³/mol. The van der Waals surface area contributed by atoms with Gasteiger partial charge in [0.2, 0.25) is 0 Å². The summed E-state index contributed by atoms with van der Waals surface area (Å²) in [6.07, 6.45) is 1.03. The van der Waals surface area contributed by atoms with Gasteiger partial charge >= 0.3 is 0 Å². The summed E-state index contributed by atoms with van der Waals surface area (Å²) in [7, 11) is 0. The average molecular weight is 265 g/mol. The summed E-state index contributed by atoms with van der Waals surface area (Å²) in [5.74, 6) is 2.83. The maximum absolute atomic E-state index is 9.48. The van der Waals surface area contributed by atoms with E-state index < -0.39 is 0 Å². The Labute approximate surface area is 114 Å². The van der Waals surface area contributed by atoms with E-state index in [1.54, 1.807) is 0 Å². The summed E-state index contributed by atoms with van der Waals surface area (Å²) in [6, 6.07) is 9.25.